The van der Waals surface area contributed by atoms with E-state index in [4.69, 9.17) is 15.6 Å². The van der Waals surface area contributed by atoms with Crippen LogP contribution in [-0.2, 0) is 11.3 Å². The fourth-order valence-electron chi connectivity index (χ4n) is 3.46. The average molecular weight is 575 g/mol. The van der Waals surface area contributed by atoms with Crippen molar-refractivity contribution in [3.05, 3.63) is 104 Å². The SMILES string of the molecule is Cc1cc(C(=O)NC(C(=O)c2nc3ccccc3s2)c2ccc(CN)cc2)ccc1[N+](=O)[O-].O=C(O)C(F)(F)F. The van der Waals surface area contributed by atoms with Gasteiger partial charge in [-0.15, -0.1) is 11.3 Å². The van der Waals surface area contributed by atoms with E-state index < -0.39 is 29.0 Å². The van der Waals surface area contributed by atoms with Gasteiger partial charge < -0.3 is 16.2 Å². The van der Waals surface area contributed by atoms with Crippen molar-refractivity contribution in [3.8, 4) is 0 Å². The molecule has 0 aliphatic rings. The van der Waals surface area contributed by atoms with Crippen LogP contribution in [0.2, 0.25) is 0 Å². The van der Waals surface area contributed by atoms with E-state index in [1.54, 1.807) is 31.2 Å². The van der Waals surface area contributed by atoms with Crippen LogP contribution in [0, 0.1) is 17.0 Å². The summed E-state index contributed by atoms with van der Waals surface area (Å²) in [4.78, 5) is 50.4. The van der Waals surface area contributed by atoms with E-state index in [1.165, 1.54) is 29.5 Å². The molecule has 0 fully saturated rings. The van der Waals surface area contributed by atoms with E-state index in [-0.39, 0.29) is 22.0 Å². The molecule has 1 amide bonds. The average Bonchev–Trinajstić information content (AvgIpc) is 3.35. The lowest BCUT2D eigenvalue weighted by Crippen LogP contribution is -2.34. The first-order valence-corrected chi connectivity index (χ1v) is 12.2. The van der Waals surface area contributed by atoms with E-state index in [9.17, 15) is 32.9 Å². The Morgan fingerprint density at radius 2 is 1.73 bits per heavy atom. The van der Waals surface area contributed by atoms with Crippen molar-refractivity contribution in [2.45, 2.75) is 25.7 Å². The molecule has 3 aromatic carbocycles. The topological polar surface area (TPSA) is 166 Å². The predicted molar refractivity (Wildman–Crippen MR) is 140 cm³/mol. The van der Waals surface area contributed by atoms with Crippen LogP contribution in [0.1, 0.15) is 42.9 Å². The number of carboxylic acid groups (broad SMARTS) is 1. The van der Waals surface area contributed by atoms with Gasteiger partial charge in [0.05, 0.1) is 15.1 Å². The number of para-hydroxylation sites is 1. The number of nitro benzene ring substituents is 1. The van der Waals surface area contributed by atoms with Gasteiger partial charge in [0, 0.05) is 23.7 Å². The summed E-state index contributed by atoms with van der Waals surface area (Å²) in [5.74, 6) is -3.62. The first-order valence-electron chi connectivity index (χ1n) is 11.4. The number of carboxylic acids is 1. The Kier molecular flexibility index (Phi) is 9.29. The summed E-state index contributed by atoms with van der Waals surface area (Å²) < 4.78 is 32.6. The second-order valence-corrected chi connectivity index (χ2v) is 9.30. The zero-order chi connectivity index (χ0) is 29.6. The minimum Gasteiger partial charge on any atom is -0.475 e. The number of halogens is 3. The molecule has 1 aromatic heterocycles. The number of amides is 1. The van der Waals surface area contributed by atoms with Crippen molar-refractivity contribution in [2.24, 2.45) is 5.73 Å². The van der Waals surface area contributed by atoms with E-state index >= 15 is 0 Å². The van der Waals surface area contributed by atoms with E-state index in [2.05, 4.69) is 10.3 Å². The molecule has 4 aromatic rings. The molecule has 0 radical (unpaired) electrons. The summed E-state index contributed by atoms with van der Waals surface area (Å²) >= 11 is 1.26. The maximum absolute atomic E-state index is 13.5. The van der Waals surface area contributed by atoms with Gasteiger partial charge in [-0.3, -0.25) is 19.7 Å². The van der Waals surface area contributed by atoms with Crippen molar-refractivity contribution in [2.75, 3.05) is 0 Å². The Labute approximate surface area is 228 Å². The van der Waals surface area contributed by atoms with Gasteiger partial charge in [0.15, 0.2) is 5.01 Å². The van der Waals surface area contributed by atoms with Crippen molar-refractivity contribution < 1.29 is 37.6 Å². The highest BCUT2D eigenvalue weighted by Crippen LogP contribution is 2.27. The Morgan fingerprint density at radius 3 is 2.25 bits per heavy atom. The Bertz CT molecular complexity index is 1540. The molecule has 0 saturated heterocycles. The normalized spacial score (nSPS) is 11.7. The number of hydrogen-bond acceptors (Lipinski definition) is 8. The zero-order valence-electron chi connectivity index (χ0n) is 20.6. The summed E-state index contributed by atoms with van der Waals surface area (Å²) in [6.07, 6.45) is -5.08. The number of benzene rings is 3. The number of carbonyl (C=O) groups is 3. The second kappa shape index (κ2) is 12.4. The highest BCUT2D eigenvalue weighted by Gasteiger charge is 2.38. The molecule has 14 heteroatoms. The first kappa shape index (κ1) is 29.9. The number of ketones is 1. The molecule has 40 heavy (non-hydrogen) atoms. The van der Waals surface area contributed by atoms with Crippen LogP contribution >= 0.6 is 11.3 Å². The third-order valence-electron chi connectivity index (χ3n) is 5.49. The molecular formula is C26H21F3N4O6S. The number of nitro groups is 1. The van der Waals surface area contributed by atoms with Gasteiger partial charge in [-0.2, -0.15) is 13.2 Å². The lowest BCUT2D eigenvalue weighted by Gasteiger charge is -2.18. The number of nitrogens with one attached hydrogen (secondary N) is 1. The molecule has 4 N–H and O–H groups in total. The van der Waals surface area contributed by atoms with Crippen molar-refractivity contribution >= 4 is 44.9 Å². The number of Topliss-reactive ketones (excluding diaryl/α,β-unsaturated/α-hetero) is 1. The lowest BCUT2D eigenvalue weighted by atomic mass is 10.00. The summed E-state index contributed by atoms with van der Waals surface area (Å²) in [5, 5.41) is 21.3. The van der Waals surface area contributed by atoms with Crippen molar-refractivity contribution in [1.82, 2.24) is 10.3 Å². The summed E-state index contributed by atoms with van der Waals surface area (Å²) in [6, 6.07) is 17.6. The molecule has 4 rings (SSSR count). The van der Waals surface area contributed by atoms with Crippen molar-refractivity contribution in [3.63, 3.8) is 0 Å². The van der Waals surface area contributed by atoms with Gasteiger partial charge in [0.25, 0.3) is 11.6 Å². The smallest absolute Gasteiger partial charge is 0.475 e. The number of rotatable bonds is 7. The quantitative estimate of drug-likeness (QED) is 0.158. The molecule has 1 unspecified atom stereocenters. The van der Waals surface area contributed by atoms with Crippen molar-refractivity contribution in [1.29, 1.82) is 0 Å². The second-order valence-electron chi connectivity index (χ2n) is 8.26. The van der Waals surface area contributed by atoms with Gasteiger partial charge in [-0.05, 0) is 42.3 Å². The number of hydrogen-bond donors (Lipinski definition) is 3. The Hall–Kier alpha value is -4.69. The molecule has 208 valence electrons. The highest BCUT2D eigenvalue weighted by atomic mass is 32.1. The number of fused-ring (bicyclic) bond motifs is 1. The number of nitrogens with two attached hydrogens (primary N) is 1. The molecule has 0 aliphatic carbocycles. The number of nitrogens with zero attached hydrogens (tertiary/aromatic N) is 2. The minimum atomic E-state index is -5.08. The number of thiazole rings is 1. The summed E-state index contributed by atoms with van der Waals surface area (Å²) in [7, 11) is 0. The molecule has 1 heterocycles. The van der Waals surface area contributed by atoms with Crippen LogP contribution in [-0.4, -0.2) is 38.8 Å². The number of carbonyl (C=O) groups excluding carboxylic acids is 2. The van der Waals surface area contributed by atoms with Gasteiger partial charge in [0.2, 0.25) is 5.78 Å². The van der Waals surface area contributed by atoms with Gasteiger partial charge in [-0.25, -0.2) is 9.78 Å². The van der Waals surface area contributed by atoms with Crippen LogP contribution in [0.25, 0.3) is 10.2 Å². The fraction of sp³-hybridized carbons (Fsp3) is 0.154. The number of alkyl halides is 3. The Morgan fingerprint density at radius 1 is 1.10 bits per heavy atom. The zero-order valence-corrected chi connectivity index (χ0v) is 21.5. The maximum Gasteiger partial charge on any atom is 0.490 e. The molecule has 10 nitrogen and oxygen atoms in total. The number of aromatic nitrogens is 1. The molecular weight excluding hydrogens is 553 g/mol. The summed E-state index contributed by atoms with van der Waals surface area (Å²) in [5.41, 5.74) is 8.37. The van der Waals surface area contributed by atoms with E-state index in [1.807, 2.05) is 24.3 Å². The standard InChI is InChI=1S/C24H20N4O4S.C2HF3O2/c1-14-12-17(10-11-19(14)28(31)32)23(30)27-21(16-8-6-15(13-25)7-9-16)22(29)24-26-18-4-2-3-5-20(18)33-24;3-2(4,5)1(6)7/h2-12,21H,13,25H2,1H3,(H,27,30);(H,6,7). The van der Waals surface area contributed by atoms with Crippen LogP contribution < -0.4 is 11.1 Å². The molecule has 1 atom stereocenters. The largest absolute Gasteiger partial charge is 0.490 e. The fourth-order valence-corrected chi connectivity index (χ4v) is 4.40. The van der Waals surface area contributed by atoms with Crippen LogP contribution in [0.4, 0.5) is 18.9 Å². The predicted octanol–water partition coefficient (Wildman–Crippen LogP) is 4.96. The van der Waals surface area contributed by atoms with Gasteiger partial charge in [0.1, 0.15) is 6.04 Å². The third-order valence-corrected chi connectivity index (χ3v) is 6.54. The van der Waals surface area contributed by atoms with Gasteiger partial charge in [-0.1, -0.05) is 36.4 Å². The third kappa shape index (κ3) is 7.24. The first-order chi connectivity index (χ1) is 18.8. The Balaban J connectivity index is 0.000000559. The highest BCUT2D eigenvalue weighted by molar-refractivity contribution is 7.20. The van der Waals surface area contributed by atoms with Crippen LogP contribution in [0.3, 0.4) is 0 Å². The molecule has 0 saturated carbocycles. The van der Waals surface area contributed by atoms with Gasteiger partial charge >= 0.3 is 12.1 Å². The molecule has 0 aliphatic heterocycles. The van der Waals surface area contributed by atoms with Crippen LogP contribution in [0.5, 0.6) is 0 Å². The van der Waals surface area contributed by atoms with E-state index in [0.29, 0.717) is 23.2 Å². The lowest BCUT2D eigenvalue weighted by molar-refractivity contribution is -0.385. The van der Waals surface area contributed by atoms with E-state index in [0.717, 1.165) is 10.3 Å². The minimum absolute atomic E-state index is 0.0778. The molecule has 0 spiro atoms. The number of aryl methyl sites for hydroxylation is 1. The maximum atomic E-state index is 13.5. The van der Waals surface area contributed by atoms with Crippen LogP contribution in [0.15, 0.2) is 66.7 Å². The number of aliphatic carboxylic acids is 1. The molecule has 0 bridgehead atoms. The monoisotopic (exact) mass is 574 g/mol. The summed E-state index contributed by atoms with van der Waals surface area (Å²) in [6.45, 7) is 1.91.